The normalized spacial score (nSPS) is 8.47. The van der Waals surface area contributed by atoms with Gasteiger partial charge in [0.2, 0.25) is 0 Å². The van der Waals surface area contributed by atoms with Crippen LogP contribution in [0.15, 0.2) is 4.99 Å². The topological polar surface area (TPSA) is 138 Å². The number of rotatable bonds is 8. The maximum absolute atomic E-state index is 6.91. The Bertz CT molecular complexity index is 206. The molecule has 0 saturated heterocycles. The average molecular weight is 377 g/mol. The van der Waals surface area contributed by atoms with Gasteiger partial charge < -0.3 is 27.8 Å². The van der Waals surface area contributed by atoms with Crippen LogP contribution in [0.4, 0.5) is 0 Å². The third-order valence-electron chi connectivity index (χ3n) is 1.65. The maximum atomic E-state index is 6.91. The number of hydrogen-bond donors (Lipinski definition) is 6. The molecule has 0 radical (unpaired) electrons. The predicted molar refractivity (Wildman–Crippen MR) is 83.3 cm³/mol. The summed E-state index contributed by atoms with van der Waals surface area (Å²) < 4.78 is 0. The molecular formula is C8H23Br2N7. The molecule has 9 N–H and O–H groups in total. The lowest BCUT2D eigenvalue weighted by Crippen LogP contribution is -2.32. The Morgan fingerprint density at radius 3 is 2.12 bits per heavy atom. The zero-order valence-corrected chi connectivity index (χ0v) is 13.2. The van der Waals surface area contributed by atoms with Crippen LogP contribution in [-0.2, 0) is 0 Å². The van der Waals surface area contributed by atoms with Crippen LogP contribution in [0.1, 0.15) is 12.8 Å². The highest BCUT2D eigenvalue weighted by atomic mass is 79.9. The molecule has 9 heteroatoms. The van der Waals surface area contributed by atoms with Gasteiger partial charge in [0, 0.05) is 13.1 Å². The van der Waals surface area contributed by atoms with E-state index in [0.717, 1.165) is 32.5 Å². The quantitative estimate of drug-likeness (QED) is 0.188. The van der Waals surface area contributed by atoms with E-state index in [-0.39, 0.29) is 45.9 Å². The molecule has 0 rings (SSSR count). The van der Waals surface area contributed by atoms with Gasteiger partial charge in [0.05, 0.1) is 0 Å². The van der Waals surface area contributed by atoms with Gasteiger partial charge in [0.25, 0.3) is 0 Å². The highest BCUT2D eigenvalue weighted by molar-refractivity contribution is 8.93. The van der Waals surface area contributed by atoms with E-state index in [2.05, 4.69) is 15.6 Å². The van der Waals surface area contributed by atoms with Crippen molar-refractivity contribution in [1.82, 2.24) is 10.6 Å². The monoisotopic (exact) mass is 375 g/mol. The number of nitrogens with one attached hydrogen (secondary N) is 3. The van der Waals surface area contributed by atoms with Gasteiger partial charge in [0.1, 0.15) is 0 Å². The van der Waals surface area contributed by atoms with Crippen LogP contribution in [0.2, 0.25) is 0 Å². The second-order valence-corrected chi connectivity index (χ2v) is 3.10. The van der Waals surface area contributed by atoms with E-state index in [0.29, 0.717) is 6.54 Å². The highest BCUT2D eigenvalue weighted by Gasteiger charge is 1.90. The number of aliphatic imine (C=N–C) groups is 1. The summed E-state index contributed by atoms with van der Waals surface area (Å²) in [4.78, 5) is 3.86. The first-order valence-electron chi connectivity index (χ1n) is 4.97. The van der Waals surface area contributed by atoms with E-state index in [1.807, 2.05) is 0 Å². The predicted octanol–water partition coefficient (Wildman–Crippen LogP) is -0.732. The molecule has 0 bridgehead atoms. The second-order valence-electron chi connectivity index (χ2n) is 3.10. The largest absolute Gasteiger partial charge is 0.370 e. The molecule has 0 unspecified atom stereocenters. The Hall–Kier alpha value is -0.540. The van der Waals surface area contributed by atoms with E-state index in [1.165, 1.54) is 0 Å². The van der Waals surface area contributed by atoms with Crippen LogP contribution in [0, 0.1) is 5.41 Å². The van der Waals surface area contributed by atoms with Crippen LogP contribution < -0.4 is 27.8 Å². The lowest BCUT2D eigenvalue weighted by molar-refractivity contribution is 0.620. The van der Waals surface area contributed by atoms with Gasteiger partial charge >= 0.3 is 0 Å². The minimum atomic E-state index is 0. The first-order chi connectivity index (χ1) is 7.13. The fourth-order valence-corrected chi connectivity index (χ4v) is 0.974. The summed E-state index contributed by atoms with van der Waals surface area (Å²) in [6.45, 7) is 3.15. The summed E-state index contributed by atoms with van der Waals surface area (Å²) in [6.07, 6.45) is 1.85. The molecule has 0 aromatic rings. The van der Waals surface area contributed by atoms with E-state index in [1.54, 1.807) is 0 Å². The first kappa shape index (κ1) is 21.7. The summed E-state index contributed by atoms with van der Waals surface area (Å²) in [5.41, 5.74) is 15.5. The van der Waals surface area contributed by atoms with Crippen molar-refractivity contribution in [1.29, 1.82) is 5.41 Å². The SMILES string of the molecule is Br.Br.N=C(N)NCCCNCCCN=C(N)N. The molecule has 0 aliphatic heterocycles. The van der Waals surface area contributed by atoms with Gasteiger partial charge in [0.15, 0.2) is 11.9 Å². The smallest absolute Gasteiger partial charge is 0.185 e. The molecule has 0 aliphatic carbocycles. The number of hydrogen-bond acceptors (Lipinski definition) is 3. The molecule has 0 heterocycles. The van der Waals surface area contributed by atoms with Crippen LogP contribution >= 0.6 is 34.0 Å². The van der Waals surface area contributed by atoms with Crippen molar-refractivity contribution >= 4 is 45.9 Å². The van der Waals surface area contributed by atoms with Crippen molar-refractivity contribution in [2.24, 2.45) is 22.2 Å². The lowest BCUT2D eigenvalue weighted by atomic mass is 10.4. The number of nitrogens with zero attached hydrogens (tertiary/aromatic N) is 1. The van der Waals surface area contributed by atoms with Crippen LogP contribution in [0.3, 0.4) is 0 Å². The maximum Gasteiger partial charge on any atom is 0.185 e. The Morgan fingerprint density at radius 2 is 1.59 bits per heavy atom. The molecular weight excluding hydrogens is 354 g/mol. The third-order valence-corrected chi connectivity index (χ3v) is 1.65. The fraction of sp³-hybridized carbons (Fsp3) is 0.750. The van der Waals surface area contributed by atoms with Crippen molar-refractivity contribution in [2.45, 2.75) is 12.8 Å². The first-order valence-corrected chi connectivity index (χ1v) is 4.97. The van der Waals surface area contributed by atoms with Gasteiger partial charge in [-0.05, 0) is 25.9 Å². The van der Waals surface area contributed by atoms with E-state index >= 15 is 0 Å². The Balaban J connectivity index is -0.000000980. The molecule has 0 aromatic carbocycles. The molecule has 0 fully saturated rings. The molecule has 0 saturated carbocycles. The molecule has 104 valence electrons. The molecule has 7 nitrogen and oxygen atoms in total. The minimum Gasteiger partial charge on any atom is -0.370 e. The molecule has 0 atom stereocenters. The van der Waals surface area contributed by atoms with E-state index < -0.39 is 0 Å². The van der Waals surface area contributed by atoms with E-state index in [4.69, 9.17) is 22.6 Å². The van der Waals surface area contributed by atoms with Gasteiger partial charge in [-0.15, -0.1) is 34.0 Å². The fourth-order valence-electron chi connectivity index (χ4n) is 0.974. The van der Waals surface area contributed by atoms with Crippen LogP contribution in [0.5, 0.6) is 0 Å². The zero-order chi connectivity index (χ0) is 11.5. The Kier molecular flexibility index (Phi) is 19.7. The minimum absolute atomic E-state index is 0. The molecule has 0 spiro atoms. The van der Waals surface area contributed by atoms with E-state index in [9.17, 15) is 0 Å². The third kappa shape index (κ3) is 21.3. The van der Waals surface area contributed by atoms with Crippen molar-refractivity contribution < 1.29 is 0 Å². The summed E-state index contributed by atoms with van der Waals surface area (Å²) in [5.74, 6) is 0.156. The number of guanidine groups is 2. The number of nitrogens with two attached hydrogens (primary N) is 3. The lowest BCUT2D eigenvalue weighted by Gasteiger charge is -2.04. The van der Waals surface area contributed by atoms with Gasteiger partial charge in [-0.25, -0.2) is 0 Å². The molecule has 0 aromatic heterocycles. The molecule has 17 heavy (non-hydrogen) atoms. The Morgan fingerprint density at radius 1 is 1.00 bits per heavy atom. The standard InChI is InChI=1S/C8H21N7.2BrH/c9-7(10)14-5-1-3-13-4-2-6-15-8(11)12;;/h13H,1-6H2,(H4,9,10,14)(H4,11,12,15);2*1H. The van der Waals surface area contributed by atoms with Crippen molar-refractivity contribution in [2.75, 3.05) is 26.2 Å². The van der Waals surface area contributed by atoms with Gasteiger partial charge in [-0.1, -0.05) is 0 Å². The van der Waals surface area contributed by atoms with Crippen LogP contribution in [0.25, 0.3) is 0 Å². The summed E-state index contributed by atoms with van der Waals surface area (Å²) in [6, 6.07) is 0. The van der Waals surface area contributed by atoms with Crippen molar-refractivity contribution in [3.8, 4) is 0 Å². The highest BCUT2D eigenvalue weighted by Crippen LogP contribution is 1.79. The molecule has 0 amide bonds. The second kappa shape index (κ2) is 15.5. The zero-order valence-electron chi connectivity index (χ0n) is 9.74. The Labute approximate surface area is 123 Å². The molecule has 0 aliphatic rings. The summed E-state index contributed by atoms with van der Waals surface area (Å²) in [7, 11) is 0. The summed E-state index contributed by atoms with van der Waals surface area (Å²) >= 11 is 0. The average Bonchev–Trinajstić information content (AvgIpc) is 2.14. The summed E-state index contributed by atoms with van der Waals surface area (Å²) in [5, 5.41) is 12.9. The van der Waals surface area contributed by atoms with Gasteiger partial charge in [-0.3, -0.25) is 10.4 Å². The van der Waals surface area contributed by atoms with Crippen molar-refractivity contribution in [3.63, 3.8) is 0 Å². The van der Waals surface area contributed by atoms with Gasteiger partial charge in [-0.2, -0.15) is 0 Å². The number of halogens is 2. The van der Waals surface area contributed by atoms with Crippen molar-refractivity contribution in [3.05, 3.63) is 0 Å². The van der Waals surface area contributed by atoms with Crippen LogP contribution in [-0.4, -0.2) is 38.1 Å².